The van der Waals surface area contributed by atoms with E-state index >= 15 is 0 Å². The van der Waals surface area contributed by atoms with E-state index in [1.165, 1.54) is 25.1 Å². The molecule has 1 aliphatic heterocycles. The fourth-order valence-corrected chi connectivity index (χ4v) is 2.71. The van der Waals surface area contributed by atoms with Gasteiger partial charge in [0.1, 0.15) is 0 Å². The summed E-state index contributed by atoms with van der Waals surface area (Å²) in [5.41, 5.74) is 2.25. The molecule has 0 spiro atoms. The summed E-state index contributed by atoms with van der Waals surface area (Å²) in [6, 6.07) is 2.84. The standard InChI is InChI=1S/C14H24N4/c1-4-18-7-5-6-13(18)11-17(3)14-8-12(15-2)9-16-10-14/h8-10,13,15H,4-7,11H2,1-3H3. The van der Waals surface area contributed by atoms with Crippen LogP contribution >= 0.6 is 0 Å². The third-order valence-electron chi connectivity index (χ3n) is 3.84. The summed E-state index contributed by atoms with van der Waals surface area (Å²) in [5.74, 6) is 0. The summed E-state index contributed by atoms with van der Waals surface area (Å²) >= 11 is 0. The molecule has 1 aromatic heterocycles. The number of rotatable bonds is 5. The van der Waals surface area contributed by atoms with Crippen molar-refractivity contribution in [2.24, 2.45) is 0 Å². The normalized spacial score (nSPS) is 20.1. The first-order valence-corrected chi connectivity index (χ1v) is 6.82. The monoisotopic (exact) mass is 248 g/mol. The largest absolute Gasteiger partial charge is 0.387 e. The quantitative estimate of drug-likeness (QED) is 0.864. The number of likely N-dealkylation sites (tertiary alicyclic amines) is 1. The van der Waals surface area contributed by atoms with Gasteiger partial charge in [0, 0.05) is 26.7 Å². The molecule has 100 valence electrons. The molecule has 1 aromatic rings. The summed E-state index contributed by atoms with van der Waals surface area (Å²) < 4.78 is 0. The maximum Gasteiger partial charge on any atom is 0.0571 e. The molecule has 1 saturated heterocycles. The number of pyridine rings is 1. The molecular formula is C14H24N4. The Morgan fingerprint density at radius 2 is 2.33 bits per heavy atom. The minimum absolute atomic E-state index is 0.693. The molecule has 2 rings (SSSR count). The fraction of sp³-hybridized carbons (Fsp3) is 0.643. The molecule has 0 saturated carbocycles. The van der Waals surface area contributed by atoms with Crippen molar-refractivity contribution in [1.29, 1.82) is 0 Å². The van der Waals surface area contributed by atoms with Crippen molar-refractivity contribution in [3.8, 4) is 0 Å². The molecule has 18 heavy (non-hydrogen) atoms. The summed E-state index contributed by atoms with van der Waals surface area (Å²) in [6.07, 6.45) is 6.44. The molecule has 0 aliphatic carbocycles. The number of likely N-dealkylation sites (N-methyl/N-ethyl adjacent to an activating group) is 2. The van der Waals surface area contributed by atoms with Crippen LogP contribution in [0.2, 0.25) is 0 Å². The third-order valence-corrected chi connectivity index (χ3v) is 3.84. The van der Waals surface area contributed by atoms with Crippen LogP contribution in [0.1, 0.15) is 19.8 Å². The molecule has 1 aliphatic rings. The Kier molecular flexibility index (Phi) is 4.42. The molecule has 4 nitrogen and oxygen atoms in total. The van der Waals surface area contributed by atoms with Crippen LogP contribution in [0, 0.1) is 0 Å². The van der Waals surface area contributed by atoms with Gasteiger partial charge < -0.3 is 10.2 Å². The van der Waals surface area contributed by atoms with Crippen LogP contribution in [0.4, 0.5) is 11.4 Å². The average molecular weight is 248 g/mol. The Morgan fingerprint density at radius 1 is 1.50 bits per heavy atom. The van der Waals surface area contributed by atoms with E-state index in [0.29, 0.717) is 6.04 Å². The number of hydrogen-bond acceptors (Lipinski definition) is 4. The van der Waals surface area contributed by atoms with Crippen LogP contribution in [0.3, 0.4) is 0 Å². The Balaban J connectivity index is 2.00. The van der Waals surface area contributed by atoms with E-state index in [4.69, 9.17) is 0 Å². The van der Waals surface area contributed by atoms with Gasteiger partial charge in [-0.1, -0.05) is 6.92 Å². The van der Waals surface area contributed by atoms with Gasteiger partial charge in [0.25, 0.3) is 0 Å². The highest BCUT2D eigenvalue weighted by molar-refractivity contribution is 5.54. The lowest BCUT2D eigenvalue weighted by Gasteiger charge is -2.29. The first kappa shape index (κ1) is 13.1. The molecule has 0 amide bonds. The van der Waals surface area contributed by atoms with Gasteiger partial charge in [-0.05, 0) is 32.0 Å². The van der Waals surface area contributed by atoms with Crippen LogP contribution in [0.15, 0.2) is 18.5 Å². The summed E-state index contributed by atoms with van der Waals surface area (Å²) in [4.78, 5) is 9.16. The topological polar surface area (TPSA) is 31.4 Å². The molecule has 1 atom stereocenters. The number of nitrogens with one attached hydrogen (secondary N) is 1. The van der Waals surface area contributed by atoms with E-state index in [1.807, 2.05) is 19.4 Å². The summed E-state index contributed by atoms with van der Waals surface area (Å²) in [5, 5.41) is 3.14. The van der Waals surface area contributed by atoms with Crippen molar-refractivity contribution in [3.63, 3.8) is 0 Å². The highest BCUT2D eigenvalue weighted by Crippen LogP contribution is 2.21. The van der Waals surface area contributed by atoms with Gasteiger partial charge in [-0.25, -0.2) is 0 Å². The Labute approximate surface area is 110 Å². The second-order valence-electron chi connectivity index (χ2n) is 4.99. The summed E-state index contributed by atoms with van der Waals surface area (Å²) in [7, 11) is 4.08. The summed E-state index contributed by atoms with van der Waals surface area (Å²) in [6.45, 7) is 5.75. The zero-order chi connectivity index (χ0) is 13.0. The van der Waals surface area contributed by atoms with Crippen LogP contribution in [0.25, 0.3) is 0 Å². The zero-order valence-corrected chi connectivity index (χ0v) is 11.7. The van der Waals surface area contributed by atoms with E-state index in [0.717, 1.165) is 18.8 Å². The van der Waals surface area contributed by atoms with Gasteiger partial charge in [0.15, 0.2) is 0 Å². The first-order chi connectivity index (χ1) is 8.74. The average Bonchev–Trinajstić information content (AvgIpc) is 2.86. The minimum atomic E-state index is 0.693. The van der Waals surface area contributed by atoms with Gasteiger partial charge >= 0.3 is 0 Å². The number of aromatic nitrogens is 1. The van der Waals surface area contributed by atoms with E-state index in [2.05, 4.69) is 40.1 Å². The number of hydrogen-bond donors (Lipinski definition) is 1. The van der Waals surface area contributed by atoms with Crippen LogP contribution < -0.4 is 10.2 Å². The van der Waals surface area contributed by atoms with Crippen LogP contribution in [-0.2, 0) is 0 Å². The van der Waals surface area contributed by atoms with Crippen molar-refractivity contribution in [2.75, 3.05) is 43.9 Å². The van der Waals surface area contributed by atoms with Crippen molar-refractivity contribution in [1.82, 2.24) is 9.88 Å². The lowest BCUT2D eigenvalue weighted by atomic mass is 10.2. The van der Waals surface area contributed by atoms with E-state index < -0.39 is 0 Å². The Bertz CT molecular complexity index is 380. The second-order valence-corrected chi connectivity index (χ2v) is 4.99. The van der Waals surface area contributed by atoms with Crippen molar-refractivity contribution in [2.45, 2.75) is 25.8 Å². The molecule has 0 bridgehead atoms. The smallest absolute Gasteiger partial charge is 0.0571 e. The molecule has 0 aromatic carbocycles. The van der Waals surface area contributed by atoms with Gasteiger partial charge in [0.2, 0.25) is 0 Å². The first-order valence-electron chi connectivity index (χ1n) is 6.82. The maximum absolute atomic E-state index is 4.27. The van der Waals surface area contributed by atoms with Gasteiger partial charge in [-0.2, -0.15) is 0 Å². The van der Waals surface area contributed by atoms with Gasteiger partial charge in [-0.15, -0.1) is 0 Å². The zero-order valence-electron chi connectivity index (χ0n) is 11.7. The van der Waals surface area contributed by atoms with Crippen molar-refractivity contribution in [3.05, 3.63) is 18.5 Å². The minimum Gasteiger partial charge on any atom is -0.387 e. The second kappa shape index (κ2) is 6.05. The number of nitrogens with zero attached hydrogens (tertiary/aromatic N) is 3. The van der Waals surface area contributed by atoms with Gasteiger partial charge in [-0.3, -0.25) is 9.88 Å². The predicted molar refractivity (Wildman–Crippen MR) is 77.3 cm³/mol. The Morgan fingerprint density at radius 3 is 3.06 bits per heavy atom. The highest BCUT2D eigenvalue weighted by atomic mass is 15.2. The Hall–Kier alpha value is -1.29. The van der Waals surface area contributed by atoms with E-state index in [1.54, 1.807) is 0 Å². The molecule has 1 fully saturated rings. The molecule has 1 unspecified atom stereocenters. The lowest BCUT2D eigenvalue weighted by Crippen LogP contribution is -2.38. The maximum atomic E-state index is 4.27. The molecule has 2 heterocycles. The number of anilines is 2. The molecule has 0 radical (unpaired) electrons. The fourth-order valence-electron chi connectivity index (χ4n) is 2.71. The highest BCUT2D eigenvalue weighted by Gasteiger charge is 2.24. The third kappa shape index (κ3) is 2.93. The van der Waals surface area contributed by atoms with Gasteiger partial charge in [0.05, 0.1) is 23.8 Å². The van der Waals surface area contributed by atoms with Crippen LogP contribution in [0.5, 0.6) is 0 Å². The van der Waals surface area contributed by atoms with E-state index in [9.17, 15) is 0 Å². The molecule has 1 N–H and O–H groups in total. The molecule has 4 heteroatoms. The van der Waals surface area contributed by atoms with Crippen molar-refractivity contribution >= 4 is 11.4 Å². The predicted octanol–water partition coefficient (Wildman–Crippen LogP) is 2.04. The van der Waals surface area contributed by atoms with E-state index in [-0.39, 0.29) is 0 Å². The lowest BCUT2D eigenvalue weighted by molar-refractivity contribution is 0.270. The van der Waals surface area contributed by atoms with Crippen LogP contribution in [-0.4, -0.2) is 49.7 Å². The van der Waals surface area contributed by atoms with Crippen molar-refractivity contribution < 1.29 is 0 Å². The molecular weight excluding hydrogens is 224 g/mol. The SMILES string of the molecule is CCN1CCCC1CN(C)c1cncc(NC)c1.